The molecule has 3 rings (SSSR count). The number of anilines is 1. The summed E-state index contributed by atoms with van der Waals surface area (Å²) in [5.41, 5.74) is 6.79. The predicted molar refractivity (Wildman–Crippen MR) is 117 cm³/mol. The van der Waals surface area contributed by atoms with Crippen molar-refractivity contribution in [2.45, 2.75) is 17.7 Å². The summed E-state index contributed by atoms with van der Waals surface area (Å²) in [5, 5.41) is 2.33. The number of primary amides is 1. The second-order valence-corrected chi connectivity index (χ2v) is 10.2. The Labute approximate surface area is 183 Å². The highest BCUT2D eigenvalue weighted by molar-refractivity contribution is 7.91. The first kappa shape index (κ1) is 22.6. The maximum atomic E-state index is 13.9. The van der Waals surface area contributed by atoms with E-state index in [1.165, 1.54) is 25.2 Å². The molecule has 0 atom stereocenters. The number of amides is 2. The molecule has 162 valence electrons. The molecule has 3 N–H and O–H groups in total. The van der Waals surface area contributed by atoms with Gasteiger partial charge in [-0.05, 0) is 30.7 Å². The Balaban J connectivity index is 1.89. The Kier molecular flexibility index (Phi) is 6.54. The van der Waals surface area contributed by atoms with E-state index in [-0.39, 0.29) is 26.9 Å². The van der Waals surface area contributed by atoms with Crippen LogP contribution in [0.5, 0.6) is 0 Å². The Morgan fingerprint density at radius 2 is 1.74 bits per heavy atom. The maximum Gasteiger partial charge on any atom is 0.259 e. The number of halogens is 1. The molecule has 3 aromatic rings. The SMILES string of the molecule is Cc1ccc(CN(C)S(=O)(=O)c2cc(C(N)=O)c(NC(=O)c3ccccc3F)s2)cc1. The predicted octanol–water partition coefficient (Wildman–Crippen LogP) is 3.37. The molecule has 1 aromatic heterocycles. The smallest absolute Gasteiger partial charge is 0.259 e. The Morgan fingerprint density at radius 3 is 2.35 bits per heavy atom. The molecule has 0 radical (unpaired) electrons. The molecule has 2 amide bonds. The van der Waals surface area contributed by atoms with Crippen LogP contribution < -0.4 is 11.1 Å². The van der Waals surface area contributed by atoms with Gasteiger partial charge in [-0.15, -0.1) is 11.3 Å². The molecule has 0 unspecified atom stereocenters. The largest absolute Gasteiger partial charge is 0.366 e. The van der Waals surface area contributed by atoms with Gasteiger partial charge in [0.15, 0.2) is 0 Å². The van der Waals surface area contributed by atoms with Crippen molar-refractivity contribution >= 4 is 38.2 Å². The number of carbonyl (C=O) groups is 2. The number of nitrogens with two attached hydrogens (primary N) is 1. The molecule has 0 spiro atoms. The topological polar surface area (TPSA) is 110 Å². The first-order valence-corrected chi connectivity index (χ1v) is 11.4. The van der Waals surface area contributed by atoms with Gasteiger partial charge in [0, 0.05) is 13.6 Å². The van der Waals surface area contributed by atoms with Crippen molar-refractivity contribution < 1.29 is 22.4 Å². The summed E-state index contributed by atoms with van der Waals surface area (Å²) in [6.45, 7) is 2.04. The average molecular weight is 462 g/mol. The highest BCUT2D eigenvalue weighted by atomic mass is 32.2. The lowest BCUT2D eigenvalue weighted by molar-refractivity contribution is 0.100. The van der Waals surface area contributed by atoms with E-state index < -0.39 is 27.7 Å². The highest BCUT2D eigenvalue weighted by Crippen LogP contribution is 2.33. The number of nitrogens with one attached hydrogen (secondary N) is 1. The molecule has 0 aliphatic heterocycles. The van der Waals surface area contributed by atoms with Crippen molar-refractivity contribution in [1.29, 1.82) is 0 Å². The van der Waals surface area contributed by atoms with Crippen LogP contribution in [-0.2, 0) is 16.6 Å². The Hall–Kier alpha value is -3.08. The van der Waals surface area contributed by atoms with Gasteiger partial charge in [-0.2, -0.15) is 4.31 Å². The van der Waals surface area contributed by atoms with E-state index in [9.17, 15) is 22.4 Å². The monoisotopic (exact) mass is 461 g/mol. The van der Waals surface area contributed by atoms with Gasteiger partial charge in [-0.1, -0.05) is 42.0 Å². The number of thiophene rings is 1. The van der Waals surface area contributed by atoms with E-state index in [1.807, 2.05) is 31.2 Å². The Bertz CT molecular complexity index is 1240. The van der Waals surface area contributed by atoms with Gasteiger partial charge in [0.25, 0.3) is 21.8 Å². The maximum absolute atomic E-state index is 13.9. The first-order valence-electron chi connectivity index (χ1n) is 9.11. The van der Waals surface area contributed by atoms with E-state index in [0.29, 0.717) is 11.3 Å². The van der Waals surface area contributed by atoms with Crippen LogP contribution in [-0.4, -0.2) is 31.6 Å². The third-order valence-corrected chi connectivity index (χ3v) is 7.81. The average Bonchev–Trinajstić information content (AvgIpc) is 3.14. The first-order chi connectivity index (χ1) is 14.6. The minimum atomic E-state index is -3.97. The van der Waals surface area contributed by atoms with Gasteiger partial charge in [0.2, 0.25) is 0 Å². The number of nitrogens with zero attached hydrogens (tertiary/aromatic N) is 1. The van der Waals surface area contributed by atoms with Gasteiger partial charge < -0.3 is 11.1 Å². The molecule has 0 fully saturated rings. The lowest BCUT2D eigenvalue weighted by Gasteiger charge is -2.16. The van der Waals surface area contributed by atoms with Crippen LogP contribution in [0, 0.1) is 12.7 Å². The summed E-state index contributed by atoms with van der Waals surface area (Å²) in [6, 6.07) is 13.8. The van der Waals surface area contributed by atoms with Gasteiger partial charge in [0.1, 0.15) is 15.0 Å². The molecule has 0 bridgehead atoms. The van der Waals surface area contributed by atoms with Gasteiger partial charge in [0.05, 0.1) is 11.1 Å². The van der Waals surface area contributed by atoms with Crippen LogP contribution in [0.2, 0.25) is 0 Å². The van der Waals surface area contributed by atoms with E-state index in [4.69, 9.17) is 5.73 Å². The number of sulfonamides is 1. The van der Waals surface area contributed by atoms with Crippen molar-refractivity contribution in [1.82, 2.24) is 4.31 Å². The fourth-order valence-corrected chi connectivity index (χ4v) is 5.51. The van der Waals surface area contributed by atoms with Crippen molar-refractivity contribution in [3.63, 3.8) is 0 Å². The molecule has 10 heteroatoms. The number of carbonyl (C=O) groups excluding carboxylic acids is 2. The molecular weight excluding hydrogens is 441 g/mol. The molecule has 0 saturated heterocycles. The molecule has 1 heterocycles. The van der Waals surface area contributed by atoms with Gasteiger partial charge in [-0.3, -0.25) is 9.59 Å². The fourth-order valence-electron chi connectivity index (χ4n) is 2.78. The number of aryl methyl sites for hydroxylation is 1. The summed E-state index contributed by atoms with van der Waals surface area (Å²) >= 11 is 0.680. The van der Waals surface area contributed by atoms with Crippen molar-refractivity contribution in [3.05, 3.63) is 82.7 Å². The second-order valence-electron chi connectivity index (χ2n) is 6.85. The van der Waals surface area contributed by atoms with Crippen molar-refractivity contribution in [2.75, 3.05) is 12.4 Å². The molecule has 31 heavy (non-hydrogen) atoms. The third kappa shape index (κ3) is 4.98. The summed E-state index contributed by atoms with van der Waals surface area (Å²) in [5.74, 6) is -2.48. The van der Waals surface area contributed by atoms with Crippen LogP contribution in [0.15, 0.2) is 58.8 Å². The summed E-state index contributed by atoms with van der Waals surface area (Å²) in [7, 11) is -2.56. The lowest BCUT2D eigenvalue weighted by atomic mass is 10.1. The standard InChI is InChI=1S/C21H20FN3O4S2/c1-13-7-9-14(10-8-13)12-25(2)31(28,29)18-11-16(19(23)26)21(30-18)24-20(27)15-5-3-4-6-17(15)22/h3-11H,12H2,1-2H3,(H2,23,26)(H,24,27). The fraction of sp³-hybridized carbons (Fsp3) is 0.143. The Morgan fingerprint density at radius 1 is 1.10 bits per heavy atom. The minimum Gasteiger partial charge on any atom is -0.366 e. The van der Waals surface area contributed by atoms with Crippen LogP contribution in [0.25, 0.3) is 0 Å². The third-order valence-electron chi connectivity index (χ3n) is 4.51. The normalized spacial score (nSPS) is 11.5. The quantitative estimate of drug-likeness (QED) is 0.562. The highest BCUT2D eigenvalue weighted by Gasteiger charge is 2.27. The number of benzene rings is 2. The second kappa shape index (κ2) is 8.96. The van der Waals surface area contributed by atoms with E-state index >= 15 is 0 Å². The van der Waals surface area contributed by atoms with Crippen LogP contribution in [0.3, 0.4) is 0 Å². The molecular formula is C21H20FN3O4S2. The zero-order valence-electron chi connectivity index (χ0n) is 16.8. The minimum absolute atomic E-state index is 0.0666. The zero-order chi connectivity index (χ0) is 22.8. The van der Waals surface area contributed by atoms with Crippen LogP contribution in [0.1, 0.15) is 31.8 Å². The number of hydrogen-bond donors (Lipinski definition) is 2. The van der Waals surface area contributed by atoms with E-state index in [0.717, 1.165) is 27.6 Å². The molecule has 2 aromatic carbocycles. The van der Waals surface area contributed by atoms with E-state index in [1.54, 1.807) is 0 Å². The summed E-state index contributed by atoms with van der Waals surface area (Å²) < 4.78 is 40.9. The van der Waals surface area contributed by atoms with Gasteiger partial charge >= 0.3 is 0 Å². The summed E-state index contributed by atoms with van der Waals surface area (Å²) in [6.07, 6.45) is 0. The number of rotatable bonds is 7. The molecule has 7 nitrogen and oxygen atoms in total. The number of hydrogen-bond acceptors (Lipinski definition) is 5. The van der Waals surface area contributed by atoms with Gasteiger partial charge in [-0.25, -0.2) is 12.8 Å². The van der Waals surface area contributed by atoms with E-state index in [2.05, 4.69) is 5.32 Å². The molecule has 0 saturated carbocycles. The van der Waals surface area contributed by atoms with Crippen LogP contribution >= 0.6 is 11.3 Å². The van der Waals surface area contributed by atoms with Crippen molar-refractivity contribution in [3.8, 4) is 0 Å². The lowest BCUT2D eigenvalue weighted by Crippen LogP contribution is -2.25. The molecule has 0 aliphatic carbocycles. The molecule has 0 aliphatic rings. The van der Waals surface area contributed by atoms with Crippen molar-refractivity contribution in [2.24, 2.45) is 5.73 Å². The summed E-state index contributed by atoms with van der Waals surface area (Å²) in [4.78, 5) is 24.2. The zero-order valence-corrected chi connectivity index (χ0v) is 18.4. The van der Waals surface area contributed by atoms with Crippen LogP contribution in [0.4, 0.5) is 9.39 Å².